The van der Waals surface area contributed by atoms with Gasteiger partial charge in [0.05, 0.1) is 18.8 Å². The molecule has 3 rings (SSSR count). The molecule has 1 spiro atoms. The number of methoxy groups -OCH3 is 1. The normalized spacial score (nSPS) is 24.8. The molecule has 1 aromatic carbocycles. The molecule has 104 valence electrons. The zero-order chi connectivity index (χ0) is 13.1. The monoisotopic (exact) mass is 261 g/mol. The molecule has 1 unspecified atom stereocenters. The number of hydrogen-bond acceptors (Lipinski definition) is 3. The Morgan fingerprint density at radius 1 is 1.21 bits per heavy atom. The van der Waals surface area contributed by atoms with Crippen LogP contribution in [0.1, 0.15) is 38.5 Å². The molecule has 1 saturated carbocycles. The molecule has 2 fully saturated rings. The van der Waals surface area contributed by atoms with Crippen LogP contribution in [0, 0.1) is 0 Å². The van der Waals surface area contributed by atoms with Gasteiger partial charge in [-0.3, -0.25) is 0 Å². The average molecular weight is 261 g/mol. The number of ether oxygens (including phenoxy) is 2. The fraction of sp³-hybridized carbons (Fsp3) is 0.625. The summed E-state index contributed by atoms with van der Waals surface area (Å²) in [5.41, 5.74) is 1.38. The van der Waals surface area contributed by atoms with Crippen LogP contribution in [0.2, 0.25) is 0 Å². The lowest BCUT2D eigenvalue weighted by atomic mass is 9.98. The summed E-state index contributed by atoms with van der Waals surface area (Å²) >= 11 is 0. The number of hydrogen-bond donors (Lipinski definition) is 1. The van der Waals surface area contributed by atoms with Gasteiger partial charge < -0.3 is 14.8 Å². The van der Waals surface area contributed by atoms with Crippen molar-refractivity contribution in [1.82, 2.24) is 0 Å². The van der Waals surface area contributed by atoms with Gasteiger partial charge in [0.15, 0.2) is 0 Å². The smallest absolute Gasteiger partial charge is 0.119 e. The highest BCUT2D eigenvalue weighted by molar-refractivity contribution is 5.46. The topological polar surface area (TPSA) is 30.5 Å². The van der Waals surface area contributed by atoms with E-state index < -0.39 is 0 Å². The molecular formula is C16H23NO2. The van der Waals surface area contributed by atoms with Crippen LogP contribution in [0.15, 0.2) is 24.3 Å². The van der Waals surface area contributed by atoms with Crippen LogP contribution in [0.5, 0.6) is 5.75 Å². The number of anilines is 1. The summed E-state index contributed by atoms with van der Waals surface area (Å²) in [6, 6.07) is 8.07. The summed E-state index contributed by atoms with van der Waals surface area (Å²) in [6.07, 6.45) is 8.06. The predicted octanol–water partition coefficient (Wildman–Crippen LogP) is 3.60. The first-order chi connectivity index (χ1) is 9.30. The van der Waals surface area contributed by atoms with Crippen molar-refractivity contribution >= 4 is 5.69 Å². The number of nitrogens with one attached hydrogen (secondary N) is 1. The second-order valence-corrected chi connectivity index (χ2v) is 5.78. The summed E-state index contributed by atoms with van der Waals surface area (Å²) in [5, 5.41) is 3.46. The number of benzene rings is 1. The molecule has 0 aromatic heterocycles. The molecule has 1 saturated heterocycles. The summed E-state index contributed by atoms with van der Waals surface area (Å²) in [6.45, 7) is 0.911. The maximum atomic E-state index is 6.29. The van der Waals surface area contributed by atoms with Crippen LogP contribution < -0.4 is 10.1 Å². The van der Waals surface area contributed by atoms with Gasteiger partial charge in [0.2, 0.25) is 0 Å². The van der Waals surface area contributed by atoms with E-state index in [1.807, 2.05) is 12.1 Å². The van der Waals surface area contributed by atoms with Crippen molar-refractivity contribution in [2.24, 2.45) is 0 Å². The Morgan fingerprint density at radius 3 is 2.63 bits per heavy atom. The maximum Gasteiger partial charge on any atom is 0.119 e. The fourth-order valence-electron chi connectivity index (χ4n) is 3.37. The van der Waals surface area contributed by atoms with E-state index in [1.165, 1.54) is 38.5 Å². The zero-order valence-electron chi connectivity index (χ0n) is 11.7. The third-order valence-corrected chi connectivity index (χ3v) is 4.48. The highest BCUT2D eigenvalue weighted by Gasteiger charge is 2.41. The SMILES string of the molecule is COc1ccc(NCC2CCC3(CCCC3)O2)cc1. The molecule has 0 amide bonds. The second-order valence-electron chi connectivity index (χ2n) is 5.78. The number of rotatable bonds is 4. The first-order valence-electron chi connectivity index (χ1n) is 7.35. The van der Waals surface area contributed by atoms with E-state index in [1.54, 1.807) is 7.11 Å². The molecule has 2 aliphatic rings. The van der Waals surface area contributed by atoms with Gasteiger partial charge in [0, 0.05) is 12.2 Å². The van der Waals surface area contributed by atoms with Gasteiger partial charge in [0.25, 0.3) is 0 Å². The van der Waals surface area contributed by atoms with Gasteiger partial charge >= 0.3 is 0 Å². The maximum absolute atomic E-state index is 6.29. The first kappa shape index (κ1) is 12.8. The van der Waals surface area contributed by atoms with Crippen LogP contribution in [0.25, 0.3) is 0 Å². The van der Waals surface area contributed by atoms with Crippen molar-refractivity contribution < 1.29 is 9.47 Å². The van der Waals surface area contributed by atoms with Crippen molar-refractivity contribution in [3.05, 3.63) is 24.3 Å². The van der Waals surface area contributed by atoms with Gasteiger partial charge in [-0.1, -0.05) is 12.8 Å². The van der Waals surface area contributed by atoms with Crippen LogP contribution in [0.3, 0.4) is 0 Å². The largest absolute Gasteiger partial charge is 0.497 e. The lowest BCUT2D eigenvalue weighted by molar-refractivity contribution is -0.0307. The molecule has 0 bridgehead atoms. The summed E-state index contributed by atoms with van der Waals surface area (Å²) in [4.78, 5) is 0. The van der Waals surface area contributed by atoms with Gasteiger partial charge in [-0.25, -0.2) is 0 Å². The van der Waals surface area contributed by atoms with Gasteiger partial charge in [0.1, 0.15) is 5.75 Å². The Balaban J connectivity index is 1.49. The van der Waals surface area contributed by atoms with E-state index in [0.29, 0.717) is 6.10 Å². The molecule has 0 radical (unpaired) electrons. The zero-order valence-corrected chi connectivity index (χ0v) is 11.7. The molecule has 3 heteroatoms. The highest BCUT2D eigenvalue weighted by atomic mass is 16.5. The van der Waals surface area contributed by atoms with E-state index in [4.69, 9.17) is 9.47 Å². The Labute approximate surface area is 115 Å². The lowest BCUT2D eigenvalue weighted by Gasteiger charge is -2.24. The minimum atomic E-state index is 0.242. The van der Waals surface area contributed by atoms with Crippen molar-refractivity contribution in [3.63, 3.8) is 0 Å². The van der Waals surface area contributed by atoms with Gasteiger partial charge in [-0.15, -0.1) is 0 Å². The van der Waals surface area contributed by atoms with Crippen LogP contribution in [-0.4, -0.2) is 25.4 Å². The molecule has 19 heavy (non-hydrogen) atoms. The van der Waals surface area contributed by atoms with Gasteiger partial charge in [-0.05, 0) is 49.9 Å². The molecule has 1 aromatic rings. The first-order valence-corrected chi connectivity index (χ1v) is 7.35. The standard InChI is InChI=1S/C16H23NO2/c1-18-14-6-4-13(5-7-14)17-12-15-8-11-16(19-15)9-2-3-10-16/h4-7,15,17H,2-3,8-12H2,1H3. The third kappa shape index (κ3) is 2.86. The Hall–Kier alpha value is -1.22. The van der Waals surface area contributed by atoms with Crippen molar-refractivity contribution in [3.8, 4) is 5.75 Å². The Bertz CT molecular complexity index is 409. The average Bonchev–Trinajstić information content (AvgIpc) is 3.08. The second kappa shape index (κ2) is 5.41. The minimum absolute atomic E-state index is 0.242. The van der Waals surface area contributed by atoms with Gasteiger partial charge in [-0.2, -0.15) is 0 Å². The quantitative estimate of drug-likeness (QED) is 0.898. The Kier molecular flexibility index (Phi) is 3.65. The minimum Gasteiger partial charge on any atom is -0.497 e. The Morgan fingerprint density at radius 2 is 1.95 bits per heavy atom. The van der Waals surface area contributed by atoms with E-state index in [2.05, 4.69) is 17.4 Å². The summed E-state index contributed by atoms with van der Waals surface area (Å²) < 4.78 is 11.4. The van der Waals surface area contributed by atoms with E-state index in [9.17, 15) is 0 Å². The van der Waals surface area contributed by atoms with Crippen molar-refractivity contribution in [2.75, 3.05) is 19.0 Å². The van der Waals surface area contributed by atoms with E-state index in [-0.39, 0.29) is 5.60 Å². The molecular weight excluding hydrogens is 238 g/mol. The lowest BCUT2D eigenvalue weighted by Crippen LogP contribution is -2.27. The van der Waals surface area contributed by atoms with Crippen LogP contribution >= 0.6 is 0 Å². The molecule has 1 atom stereocenters. The van der Waals surface area contributed by atoms with Crippen molar-refractivity contribution in [2.45, 2.75) is 50.2 Å². The van der Waals surface area contributed by atoms with Crippen LogP contribution in [-0.2, 0) is 4.74 Å². The molecule has 1 heterocycles. The van der Waals surface area contributed by atoms with Crippen LogP contribution in [0.4, 0.5) is 5.69 Å². The van der Waals surface area contributed by atoms with E-state index in [0.717, 1.165) is 18.0 Å². The molecule has 1 N–H and O–H groups in total. The molecule has 1 aliphatic heterocycles. The van der Waals surface area contributed by atoms with Crippen molar-refractivity contribution in [1.29, 1.82) is 0 Å². The molecule has 1 aliphatic carbocycles. The highest BCUT2D eigenvalue weighted by Crippen LogP contribution is 2.43. The summed E-state index contributed by atoms with van der Waals surface area (Å²) in [7, 11) is 1.69. The fourth-order valence-corrected chi connectivity index (χ4v) is 3.37. The molecule has 3 nitrogen and oxygen atoms in total. The summed E-state index contributed by atoms with van der Waals surface area (Å²) in [5.74, 6) is 0.896. The predicted molar refractivity (Wildman–Crippen MR) is 76.8 cm³/mol. The third-order valence-electron chi connectivity index (χ3n) is 4.48. The van der Waals surface area contributed by atoms with E-state index >= 15 is 0 Å².